The number of nitrogens with zero attached hydrogens (tertiary/aromatic N) is 2. The molecule has 2 aromatic rings. The zero-order valence-corrected chi connectivity index (χ0v) is 20.7. The number of carbonyl (C=O) groups excluding carboxylic acids is 1. The maximum absolute atomic E-state index is 15.3. The van der Waals surface area contributed by atoms with Gasteiger partial charge in [0.05, 0.1) is 13.2 Å². The number of nitrogens with two attached hydrogens (primary N) is 1. The van der Waals surface area contributed by atoms with Gasteiger partial charge in [0.2, 0.25) is 6.23 Å². The molecule has 198 valence electrons. The van der Waals surface area contributed by atoms with E-state index in [0.717, 1.165) is 26.3 Å². The predicted molar refractivity (Wildman–Crippen MR) is 122 cm³/mol. The SMILES string of the molecule is COC(=O)C(C)NP(=O)(Oc1ccccc1)OC(C)C1OC(n2ccc(N)nc2=O)C(F)(F)C1(C)O. The molecule has 1 aliphatic rings. The smallest absolute Gasteiger partial charge is 0.459 e. The molecule has 15 heteroatoms. The molecule has 0 saturated carbocycles. The van der Waals surface area contributed by atoms with Crippen LogP contribution in [-0.2, 0) is 23.4 Å². The number of benzene rings is 1. The first-order valence-electron chi connectivity index (χ1n) is 10.7. The Morgan fingerprint density at radius 1 is 1.31 bits per heavy atom. The van der Waals surface area contributed by atoms with Crippen molar-refractivity contribution in [3.05, 3.63) is 53.1 Å². The van der Waals surface area contributed by atoms with Crippen LogP contribution in [0.1, 0.15) is 27.0 Å². The Labute approximate surface area is 204 Å². The molecule has 3 rings (SSSR count). The summed E-state index contributed by atoms with van der Waals surface area (Å²) in [5.41, 5.74) is 1.39. The highest BCUT2D eigenvalue weighted by Crippen LogP contribution is 2.53. The molecular formula is C21H27F2N4O8P. The molecule has 0 radical (unpaired) electrons. The average Bonchev–Trinajstić information content (AvgIpc) is 2.98. The van der Waals surface area contributed by atoms with Gasteiger partial charge in [-0.2, -0.15) is 18.9 Å². The molecule has 0 amide bonds. The summed E-state index contributed by atoms with van der Waals surface area (Å²) in [5, 5.41) is 13.2. The van der Waals surface area contributed by atoms with Gasteiger partial charge in [0.25, 0.3) is 0 Å². The van der Waals surface area contributed by atoms with Crippen molar-refractivity contribution in [3.8, 4) is 5.75 Å². The molecule has 1 aromatic heterocycles. The van der Waals surface area contributed by atoms with Crippen LogP contribution in [0.4, 0.5) is 14.6 Å². The van der Waals surface area contributed by atoms with E-state index in [0.29, 0.717) is 4.57 Å². The number of ether oxygens (including phenoxy) is 2. The molecule has 6 unspecified atom stereocenters. The van der Waals surface area contributed by atoms with Crippen molar-refractivity contribution in [2.75, 3.05) is 12.8 Å². The number of nitrogens with one attached hydrogen (secondary N) is 1. The van der Waals surface area contributed by atoms with Gasteiger partial charge < -0.3 is 24.8 Å². The van der Waals surface area contributed by atoms with Gasteiger partial charge >= 0.3 is 25.3 Å². The number of esters is 1. The van der Waals surface area contributed by atoms with Crippen molar-refractivity contribution < 1.29 is 41.8 Å². The Hall–Kier alpha value is -2.90. The van der Waals surface area contributed by atoms with E-state index < -0.39 is 55.4 Å². The van der Waals surface area contributed by atoms with E-state index in [2.05, 4.69) is 14.8 Å². The lowest BCUT2D eigenvalue weighted by Crippen LogP contribution is -2.54. The lowest BCUT2D eigenvalue weighted by atomic mass is 9.90. The standard InChI is InChI=1S/C21H27F2N4O8P/c1-12(17(28)32-4)26-36(31,35-14-8-6-5-7-9-14)34-13(2)16-20(3,30)21(22,23)18(33-16)27-11-10-15(24)25-19(27)29/h5-13,16,18,30H,1-4H3,(H,26,31)(H2,24,25,29). The van der Waals surface area contributed by atoms with Crippen molar-refractivity contribution in [1.29, 1.82) is 0 Å². The van der Waals surface area contributed by atoms with Gasteiger partial charge in [-0.3, -0.25) is 13.9 Å². The molecular weight excluding hydrogens is 505 g/mol. The topological polar surface area (TPSA) is 164 Å². The Bertz CT molecular complexity index is 1200. The fraction of sp³-hybridized carbons (Fsp3) is 0.476. The maximum atomic E-state index is 15.3. The third kappa shape index (κ3) is 5.42. The number of hydrogen-bond donors (Lipinski definition) is 3. The van der Waals surface area contributed by atoms with Crippen molar-refractivity contribution in [2.24, 2.45) is 0 Å². The van der Waals surface area contributed by atoms with Crippen molar-refractivity contribution in [2.45, 2.75) is 56.8 Å². The van der Waals surface area contributed by atoms with Gasteiger partial charge in [-0.15, -0.1) is 0 Å². The fourth-order valence-electron chi connectivity index (χ4n) is 3.65. The number of rotatable bonds is 9. The molecule has 0 aliphatic carbocycles. The summed E-state index contributed by atoms with van der Waals surface area (Å²) in [4.78, 5) is 27.5. The number of para-hydroxylation sites is 1. The molecule has 6 atom stereocenters. The van der Waals surface area contributed by atoms with Crippen LogP contribution in [0.3, 0.4) is 0 Å². The molecule has 0 bridgehead atoms. The molecule has 1 aliphatic heterocycles. The van der Waals surface area contributed by atoms with Crippen LogP contribution in [0.25, 0.3) is 0 Å². The number of hydrogen-bond acceptors (Lipinski definition) is 10. The monoisotopic (exact) mass is 532 g/mol. The number of carbonyl (C=O) groups is 1. The molecule has 2 heterocycles. The number of methoxy groups -OCH3 is 1. The second kappa shape index (κ2) is 10.2. The van der Waals surface area contributed by atoms with E-state index in [9.17, 15) is 19.3 Å². The highest BCUT2D eigenvalue weighted by molar-refractivity contribution is 7.52. The number of aromatic nitrogens is 2. The second-order valence-electron chi connectivity index (χ2n) is 8.31. The largest absolute Gasteiger partial charge is 0.468 e. The van der Waals surface area contributed by atoms with E-state index >= 15 is 8.78 Å². The second-order valence-corrected chi connectivity index (χ2v) is 9.95. The Morgan fingerprint density at radius 2 is 1.94 bits per heavy atom. The maximum Gasteiger partial charge on any atom is 0.459 e. The minimum atomic E-state index is -4.46. The summed E-state index contributed by atoms with van der Waals surface area (Å²) in [5.74, 6) is -4.93. The van der Waals surface area contributed by atoms with Gasteiger partial charge in [0, 0.05) is 6.20 Å². The number of nitrogen functional groups attached to an aromatic ring is 1. The van der Waals surface area contributed by atoms with Gasteiger partial charge in [0.1, 0.15) is 23.7 Å². The first-order valence-corrected chi connectivity index (χ1v) is 12.2. The van der Waals surface area contributed by atoms with Gasteiger partial charge in [0.15, 0.2) is 5.60 Å². The summed E-state index contributed by atoms with van der Waals surface area (Å²) in [6.45, 7) is 3.33. The quantitative estimate of drug-likeness (QED) is 0.319. The van der Waals surface area contributed by atoms with E-state index in [-0.39, 0.29) is 11.6 Å². The fourth-order valence-corrected chi connectivity index (χ4v) is 5.33. The zero-order valence-electron chi connectivity index (χ0n) is 19.8. The number of halogens is 2. The molecule has 1 saturated heterocycles. The van der Waals surface area contributed by atoms with Crippen molar-refractivity contribution in [3.63, 3.8) is 0 Å². The first kappa shape index (κ1) is 27.7. The molecule has 12 nitrogen and oxygen atoms in total. The Kier molecular flexibility index (Phi) is 7.86. The minimum absolute atomic E-state index is 0.0828. The number of anilines is 1. The minimum Gasteiger partial charge on any atom is -0.468 e. The number of alkyl halides is 2. The summed E-state index contributed by atoms with van der Waals surface area (Å²) < 4.78 is 65.7. The molecule has 1 fully saturated rings. The van der Waals surface area contributed by atoms with E-state index in [1.165, 1.54) is 26.0 Å². The predicted octanol–water partition coefficient (Wildman–Crippen LogP) is 1.85. The van der Waals surface area contributed by atoms with E-state index in [1.54, 1.807) is 18.2 Å². The summed E-state index contributed by atoms with van der Waals surface area (Å²) in [6.07, 6.45) is -4.65. The molecule has 4 N–H and O–H groups in total. The van der Waals surface area contributed by atoms with Crippen molar-refractivity contribution >= 4 is 19.5 Å². The molecule has 0 spiro atoms. The van der Waals surface area contributed by atoms with Crippen LogP contribution in [0, 0.1) is 0 Å². The molecule has 36 heavy (non-hydrogen) atoms. The van der Waals surface area contributed by atoms with Crippen LogP contribution in [0.2, 0.25) is 0 Å². The van der Waals surface area contributed by atoms with Crippen LogP contribution in [-0.4, -0.2) is 57.5 Å². The van der Waals surface area contributed by atoms with Gasteiger partial charge in [-0.25, -0.2) is 9.36 Å². The van der Waals surface area contributed by atoms with Crippen LogP contribution in [0.15, 0.2) is 47.4 Å². The Balaban J connectivity index is 1.92. The third-order valence-corrected chi connectivity index (χ3v) is 7.29. The third-order valence-electron chi connectivity index (χ3n) is 5.53. The normalized spacial score (nSPS) is 26.5. The highest BCUT2D eigenvalue weighted by atomic mass is 31.2. The van der Waals surface area contributed by atoms with E-state index in [1.807, 2.05) is 0 Å². The summed E-state index contributed by atoms with van der Waals surface area (Å²) in [6, 6.07) is 7.68. The van der Waals surface area contributed by atoms with Gasteiger partial charge in [-0.05, 0) is 39.0 Å². The Morgan fingerprint density at radius 3 is 2.53 bits per heavy atom. The van der Waals surface area contributed by atoms with Crippen LogP contribution >= 0.6 is 7.75 Å². The summed E-state index contributed by atoms with van der Waals surface area (Å²) in [7, 11) is -3.35. The zero-order chi connectivity index (χ0) is 26.9. The molecule has 1 aromatic carbocycles. The summed E-state index contributed by atoms with van der Waals surface area (Å²) >= 11 is 0. The van der Waals surface area contributed by atoms with E-state index in [4.69, 9.17) is 19.5 Å². The lowest BCUT2D eigenvalue weighted by Gasteiger charge is -2.33. The van der Waals surface area contributed by atoms with Crippen LogP contribution in [0.5, 0.6) is 5.75 Å². The van der Waals surface area contributed by atoms with Gasteiger partial charge in [-0.1, -0.05) is 18.2 Å². The number of aliphatic hydroxyl groups is 1. The average molecular weight is 532 g/mol. The first-order chi connectivity index (χ1) is 16.7. The van der Waals surface area contributed by atoms with Crippen molar-refractivity contribution in [1.82, 2.24) is 14.6 Å². The lowest BCUT2D eigenvalue weighted by molar-refractivity contribution is -0.180. The van der Waals surface area contributed by atoms with Crippen LogP contribution < -0.4 is 21.0 Å². The highest BCUT2D eigenvalue weighted by Gasteiger charge is 2.69.